The molecule has 0 spiro atoms. The zero-order valence-corrected chi connectivity index (χ0v) is 31.4. The predicted molar refractivity (Wildman–Crippen MR) is 206 cm³/mol. The molecule has 2 aromatic carbocycles. The summed E-state index contributed by atoms with van der Waals surface area (Å²) in [6, 6.07) is 6.46. The third-order valence-corrected chi connectivity index (χ3v) is 8.94. The standard InChI is InChI=1S/C44H56O6/c1-28(2)12-10-14-31(7)16-18-33-23-36(42(46)47)24-34(40(33)45)20-21-44(9)27-38(22-30(5)6)39-26-37(43(48)49)25-35(41(39)50-44)19-17-32(8)15-11-13-29(3)4/h12-13,16-17,20-26,38,45H,10-11,14-15,18-19,27H2,1-9H3,(H,46,47)(H,48,49)/t38-,44+/m1/s1. The molecule has 0 radical (unpaired) electrons. The number of carboxylic acid groups (broad SMARTS) is 2. The van der Waals surface area contributed by atoms with Gasteiger partial charge in [-0.05, 0) is 142 Å². The molecular formula is C44H56O6. The summed E-state index contributed by atoms with van der Waals surface area (Å²) in [5.74, 6) is -1.45. The molecule has 1 heterocycles. The van der Waals surface area contributed by atoms with Crippen LogP contribution in [0.3, 0.4) is 0 Å². The first kappa shape index (κ1) is 39.9. The number of phenolic OH excluding ortho intramolecular Hbond substituents is 1. The minimum absolute atomic E-state index is 0.0424. The lowest BCUT2D eigenvalue weighted by Crippen LogP contribution is -2.36. The average molecular weight is 681 g/mol. The molecule has 6 nitrogen and oxygen atoms in total. The van der Waals surface area contributed by atoms with E-state index in [1.807, 2.05) is 32.9 Å². The van der Waals surface area contributed by atoms with Crippen molar-refractivity contribution < 1.29 is 29.6 Å². The van der Waals surface area contributed by atoms with E-state index in [1.54, 1.807) is 18.2 Å². The first-order valence-electron chi connectivity index (χ1n) is 17.6. The number of hydrogen-bond acceptors (Lipinski definition) is 4. The van der Waals surface area contributed by atoms with Crippen LogP contribution in [0.25, 0.3) is 6.08 Å². The van der Waals surface area contributed by atoms with Crippen LogP contribution >= 0.6 is 0 Å². The number of allylic oxidation sites excluding steroid dienone is 10. The predicted octanol–water partition coefficient (Wildman–Crippen LogP) is 11.6. The fourth-order valence-corrected chi connectivity index (χ4v) is 6.20. The molecule has 3 rings (SSSR count). The van der Waals surface area contributed by atoms with Gasteiger partial charge in [-0.15, -0.1) is 0 Å². The highest BCUT2D eigenvalue weighted by molar-refractivity contribution is 5.90. The minimum atomic E-state index is -1.06. The van der Waals surface area contributed by atoms with E-state index in [1.165, 1.54) is 34.4 Å². The van der Waals surface area contributed by atoms with Gasteiger partial charge >= 0.3 is 11.9 Å². The van der Waals surface area contributed by atoms with Crippen LogP contribution in [0.5, 0.6) is 11.5 Å². The number of carboxylic acids is 2. The Labute approximate surface area is 299 Å². The monoisotopic (exact) mass is 680 g/mol. The average Bonchev–Trinajstić information content (AvgIpc) is 3.01. The molecule has 3 N–H and O–H groups in total. The maximum absolute atomic E-state index is 12.2. The second kappa shape index (κ2) is 17.9. The highest BCUT2D eigenvalue weighted by atomic mass is 16.5. The van der Waals surface area contributed by atoms with E-state index in [0.717, 1.165) is 42.4 Å². The molecule has 0 bridgehead atoms. The van der Waals surface area contributed by atoms with Gasteiger partial charge in [0.05, 0.1) is 11.1 Å². The van der Waals surface area contributed by atoms with Gasteiger partial charge < -0.3 is 20.1 Å². The summed E-state index contributed by atoms with van der Waals surface area (Å²) in [5.41, 5.74) is 8.14. The van der Waals surface area contributed by atoms with Crippen LogP contribution in [0.2, 0.25) is 0 Å². The van der Waals surface area contributed by atoms with Crippen molar-refractivity contribution >= 4 is 18.0 Å². The highest BCUT2D eigenvalue weighted by Crippen LogP contribution is 2.46. The maximum Gasteiger partial charge on any atom is 0.335 e. The summed E-state index contributed by atoms with van der Waals surface area (Å²) in [7, 11) is 0. The summed E-state index contributed by atoms with van der Waals surface area (Å²) >= 11 is 0. The first-order chi connectivity index (χ1) is 23.5. The molecule has 2 aromatic rings. The lowest BCUT2D eigenvalue weighted by Gasteiger charge is -2.39. The van der Waals surface area contributed by atoms with Gasteiger partial charge in [-0.2, -0.15) is 0 Å². The molecular weight excluding hydrogens is 624 g/mol. The van der Waals surface area contributed by atoms with E-state index < -0.39 is 17.5 Å². The number of carbonyl (C=O) groups is 2. The van der Waals surface area contributed by atoms with Crippen molar-refractivity contribution in [1.82, 2.24) is 0 Å². The van der Waals surface area contributed by atoms with Crippen LogP contribution in [0, 0.1) is 0 Å². The lowest BCUT2D eigenvalue weighted by atomic mass is 9.80. The molecule has 0 saturated carbocycles. The number of phenols is 1. The Morgan fingerprint density at radius 1 is 0.760 bits per heavy atom. The normalized spacial score (nSPS) is 17.5. The molecule has 0 aromatic heterocycles. The van der Waals surface area contributed by atoms with Gasteiger partial charge in [0.1, 0.15) is 17.1 Å². The second-order valence-electron chi connectivity index (χ2n) is 14.7. The Hall–Kier alpha value is -4.58. The quantitative estimate of drug-likeness (QED) is 0.162. The van der Waals surface area contributed by atoms with Crippen LogP contribution in [0.1, 0.15) is 143 Å². The van der Waals surface area contributed by atoms with Crippen molar-refractivity contribution in [2.45, 2.75) is 119 Å². The molecule has 268 valence electrons. The Kier molecular flexibility index (Phi) is 14.3. The van der Waals surface area contributed by atoms with Crippen LogP contribution in [0.15, 0.2) is 88.6 Å². The fraction of sp³-hybridized carbons (Fsp3) is 0.409. The Bertz CT molecular complexity index is 1750. The number of ether oxygens (including phenoxy) is 1. The largest absolute Gasteiger partial charge is 0.507 e. The van der Waals surface area contributed by atoms with Gasteiger partial charge in [0, 0.05) is 23.5 Å². The van der Waals surface area contributed by atoms with E-state index in [-0.39, 0.29) is 22.8 Å². The molecule has 6 heteroatoms. The number of aromatic hydroxyl groups is 1. The SMILES string of the molecule is CC(C)=CCCC(C)=CCc1cc(C(=O)O)cc(C=C[C@@]2(C)C[C@@H](C=C(C)C)c3cc(C(=O)O)cc(CC=C(C)CCC=C(C)C)c3O2)c1O. The summed E-state index contributed by atoms with van der Waals surface area (Å²) < 4.78 is 6.78. The van der Waals surface area contributed by atoms with Gasteiger partial charge in [-0.1, -0.05) is 64.3 Å². The van der Waals surface area contributed by atoms with Crippen LogP contribution < -0.4 is 4.74 Å². The molecule has 1 aliphatic heterocycles. The molecule has 50 heavy (non-hydrogen) atoms. The topological polar surface area (TPSA) is 104 Å². The zero-order chi connectivity index (χ0) is 37.2. The molecule has 0 aliphatic carbocycles. The molecule has 1 aliphatic rings. The number of fused-ring (bicyclic) bond motifs is 1. The number of rotatable bonds is 15. The van der Waals surface area contributed by atoms with Crippen LogP contribution in [0.4, 0.5) is 0 Å². The highest BCUT2D eigenvalue weighted by Gasteiger charge is 2.36. The van der Waals surface area contributed by atoms with Crippen molar-refractivity contribution in [3.05, 3.63) is 122 Å². The van der Waals surface area contributed by atoms with Crippen molar-refractivity contribution in [3.8, 4) is 11.5 Å². The van der Waals surface area contributed by atoms with Gasteiger partial charge in [-0.3, -0.25) is 0 Å². The second-order valence-corrected chi connectivity index (χ2v) is 14.7. The smallest absolute Gasteiger partial charge is 0.335 e. The fourth-order valence-electron chi connectivity index (χ4n) is 6.20. The lowest BCUT2D eigenvalue weighted by molar-refractivity contribution is 0.0685. The third-order valence-electron chi connectivity index (χ3n) is 8.94. The molecule has 0 fully saturated rings. The number of benzene rings is 2. The molecule has 2 atom stereocenters. The Balaban J connectivity index is 2.05. The zero-order valence-electron chi connectivity index (χ0n) is 31.4. The summed E-state index contributed by atoms with van der Waals surface area (Å²) in [6.07, 6.45) is 19.5. The number of aromatic carboxylic acids is 2. The molecule has 0 saturated heterocycles. The maximum atomic E-state index is 12.2. The van der Waals surface area contributed by atoms with Crippen LogP contribution in [-0.2, 0) is 12.8 Å². The van der Waals surface area contributed by atoms with E-state index in [9.17, 15) is 24.9 Å². The van der Waals surface area contributed by atoms with Crippen molar-refractivity contribution in [2.75, 3.05) is 0 Å². The molecule has 0 amide bonds. The van der Waals surface area contributed by atoms with Gasteiger partial charge in [-0.25, -0.2) is 9.59 Å². The van der Waals surface area contributed by atoms with Crippen molar-refractivity contribution in [3.63, 3.8) is 0 Å². The van der Waals surface area contributed by atoms with E-state index >= 15 is 0 Å². The Morgan fingerprint density at radius 3 is 1.80 bits per heavy atom. The first-order valence-corrected chi connectivity index (χ1v) is 17.6. The van der Waals surface area contributed by atoms with Gasteiger partial charge in [0.25, 0.3) is 0 Å². The summed E-state index contributed by atoms with van der Waals surface area (Å²) in [5, 5.41) is 31.3. The van der Waals surface area contributed by atoms with Crippen LogP contribution in [-0.4, -0.2) is 32.9 Å². The van der Waals surface area contributed by atoms with Gasteiger partial charge in [0.15, 0.2) is 0 Å². The van der Waals surface area contributed by atoms with E-state index in [2.05, 4.69) is 65.8 Å². The Morgan fingerprint density at radius 2 is 1.28 bits per heavy atom. The third kappa shape index (κ3) is 11.8. The van der Waals surface area contributed by atoms with E-state index in [4.69, 9.17) is 4.74 Å². The summed E-state index contributed by atoms with van der Waals surface area (Å²) in [4.78, 5) is 24.3. The summed E-state index contributed by atoms with van der Waals surface area (Å²) in [6.45, 7) is 18.5. The van der Waals surface area contributed by atoms with Gasteiger partial charge in [0.2, 0.25) is 0 Å². The van der Waals surface area contributed by atoms with E-state index in [0.29, 0.717) is 36.1 Å². The van der Waals surface area contributed by atoms with Crippen molar-refractivity contribution in [2.24, 2.45) is 0 Å². The molecule has 0 unspecified atom stereocenters. The number of hydrogen-bond donors (Lipinski definition) is 3. The van der Waals surface area contributed by atoms with Crippen molar-refractivity contribution in [1.29, 1.82) is 0 Å². The minimum Gasteiger partial charge on any atom is -0.507 e.